The molecule has 1 aliphatic heterocycles. The Labute approximate surface area is 128 Å². The van der Waals surface area contributed by atoms with Crippen molar-refractivity contribution in [3.8, 4) is 0 Å². The molecule has 1 aliphatic rings. The SMILES string of the molecule is CC(C)(CCN)CCC(=O)N1CCCCc2ccccc21. The van der Waals surface area contributed by atoms with Gasteiger partial charge in [0, 0.05) is 18.7 Å². The maximum absolute atomic E-state index is 12.7. The molecule has 0 bridgehead atoms. The molecule has 0 saturated carbocycles. The number of hydrogen-bond donors (Lipinski definition) is 1. The van der Waals surface area contributed by atoms with Gasteiger partial charge in [0.2, 0.25) is 5.91 Å². The fraction of sp³-hybridized carbons (Fsp3) is 0.611. The van der Waals surface area contributed by atoms with Gasteiger partial charge in [0.15, 0.2) is 0 Å². The Morgan fingerprint density at radius 2 is 2.00 bits per heavy atom. The van der Waals surface area contributed by atoms with E-state index in [0.29, 0.717) is 13.0 Å². The normalized spacial score (nSPS) is 15.5. The van der Waals surface area contributed by atoms with Gasteiger partial charge >= 0.3 is 0 Å². The second-order valence-corrected chi connectivity index (χ2v) is 6.83. The molecule has 1 heterocycles. The van der Waals surface area contributed by atoms with E-state index in [4.69, 9.17) is 5.73 Å². The second kappa shape index (κ2) is 7.08. The summed E-state index contributed by atoms with van der Waals surface area (Å²) in [6.45, 7) is 5.94. The van der Waals surface area contributed by atoms with Crippen molar-refractivity contribution < 1.29 is 4.79 Å². The second-order valence-electron chi connectivity index (χ2n) is 6.83. The first kappa shape index (κ1) is 16.0. The number of anilines is 1. The van der Waals surface area contributed by atoms with Gasteiger partial charge in [0.25, 0.3) is 0 Å². The van der Waals surface area contributed by atoms with E-state index in [1.54, 1.807) is 0 Å². The number of para-hydroxylation sites is 1. The van der Waals surface area contributed by atoms with Crippen LogP contribution < -0.4 is 10.6 Å². The lowest BCUT2D eigenvalue weighted by Crippen LogP contribution is -2.32. The van der Waals surface area contributed by atoms with E-state index in [9.17, 15) is 4.79 Å². The Morgan fingerprint density at radius 1 is 1.24 bits per heavy atom. The highest BCUT2D eigenvalue weighted by molar-refractivity contribution is 5.94. The van der Waals surface area contributed by atoms with Crippen LogP contribution in [-0.2, 0) is 11.2 Å². The lowest BCUT2D eigenvalue weighted by molar-refractivity contribution is -0.119. The van der Waals surface area contributed by atoms with Crippen molar-refractivity contribution in [2.75, 3.05) is 18.0 Å². The predicted molar refractivity (Wildman–Crippen MR) is 88.4 cm³/mol. The molecule has 0 saturated heterocycles. The highest BCUT2D eigenvalue weighted by Crippen LogP contribution is 2.30. The summed E-state index contributed by atoms with van der Waals surface area (Å²) >= 11 is 0. The van der Waals surface area contributed by atoms with Gasteiger partial charge in [0.05, 0.1) is 0 Å². The quantitative estimate of drug-likeness (QED) is 0.901. The molecule has 3 heteroatoms. The minimum atomic E-state index is 0.149. The number of nitrogens with two attached hydrogens (primary N) is 1. The third kappa shape index (κ3) is 4.31. The van der Waals surface area contributed by atoms with Gasteiger partial charge in [-0.15, -0.1) is 0 Å². The zero-order chi connectivity index (χ0) is 15.3. The standard InChI is InChI=1S/C18H28N2O/c1-18(2,12-13-19)11-10-17(21)20-14-6-5-8-15-7-3-4-9-16(15)20/h3-4,7,9H,5-6,8,10-14,19H2,1-2H3. The van der Waals surface area contributed by atoms with Crippen LogP contribution in [0.2, 0.25) is 0 Å². The number of rotatable bonds is 5. The molecule has 0 spiro atoms. The molecular formula is C18H28N2O. The van der Waals surface area contributed by atoms with Crippen LogP contribution in [0, 0.1) is 5.41 Å². The van der Waals surface area contributed by atoms with Crippen LogP contribution in [0.5, 0.6) is 0 Å². The zero-order valence-corrected chi connectivity index (χ0v) is 13.4. The Hall–Kier alpha value is -1.35. The van der Waals surface area contributed by atoms with Crippen molar-refractivity contribution in [3.05, 3.63) is 29.8 Å². The van der Waals surface area contributed by atoms with Crippen LogP contribution in [0.1, 0.15) is 51.5 Å². The molecule has 0 unspecified atom stereocenters. The number of hydrogen-bond acceptors (Lipinski definition) is 2. The highest BCUT2D eigenvalue weighted by Gasteiger charge is 2.24. The van der Waals surface area contributed by atoms with E-state index in [1.165, 1.54) is 12.0 Å². The number of fused-ring (bicyclic) bond motifs is 1. The lowest BCUT2D eigenvalue weighted by atomic mass is 9.84. The van der Waals surface area contributed by atoms with E-state index in [1.807, 2.05) is 11.0 Å². The fourth-order valence-corrected chi connectivity index (χ4v) is 3.05. The van der Waals surface area contributed by atoms with Crippen molar-refractivity contribution in [2.45, 2.75) is 52.4 Å². The Bertz CT molecular complexity index is 482. The van der Waals surface area contributed by atoms with E-state index < -0.39 is 0 Å². The molecule has 116 valence electrons. The summed E-state index contributed by atoms with van der Waals surface area (Å²) in [5.41, 5.74) is 8.23. The summed E-state index contributed by atoms with van der Waals surface area (Å²) in [5.74, 6) is 0.259. The third-order valence-corrected chi connectivity index (χ3v) is 4.50. The van der Waals surface area contributed by atoms with Gasteiger partial charge in [-0.3, -0.25) is 4.79 Å². The smallest absolute Gasteiger partial charge is 0.227 e. The minimum Gasteiger partial charge on any atom is -0.330 e. The average molecular weight is 288 g/mol. The molecule has 2 rings (SSSR count). The number of benzene rings is 1. The summed E-state index contributed by atoms with van der Waals surface area (Å²) in [5, 5.41) is 0. The van der Waals surface area contributed by atoms with E-state index >= 15 is 0 Å². The summed E-state index contributed by atoms with van der Waals surface area (Å²) in [7, 11) is 0. The van der Waals surface area contributed by atoms with Crippen molar-refractivity contribution in [3.63, 3.8) is 0 Å². The van der Waals surface area contributed by atoms with Crippen molar-refractivity contribution in [2.24, 2.45) is 11.1 Å². The maximum atomic E-state index is 12.7. The highest BCUT2D eigenvalue weighted by atomic mass is 16.2. The van der Waals surface area contributed by atoms with Gasteiger partial charge in [-0.25, -0.2) is 0 Å². The van der Waals surface area contributed by atoms with Gasteiger partial charge in [-0.1, -0.05) is 32.0 Å². The predicted octanol–water partition coefficient (Wildman–Crippen LogP) is 3.51. The van der Waals surface area contributed by atoms with Gasteiger partial charge in [-0.2, -0.15) is 0 Å². The first-order chi connectivity index (χ1) is 10.0. The van der Waals surface area contributed by atoms with Gasteiger partial charge < -0.3 is 10.6 Å². The van der Waals surface area contributed by atoms with Crippen LogP contribution in [-0.4, -0.2) is 19.0 Å². The third-order valence-electron chi connectivity index (χ3n) is 4.50. The van der Waals surface area contributed by atoms with Crippen LogP contribution in [0.15, 0.2) is 24.3 Å². The summed E-state index contributed by atoms with van der Waals surface area (Å²) in [6, 6.07) is 8.34. The molecule has 21 heavy (non-hydrogen) atoms. The molecule has 1 aromatic carbocycles. The lowest BCUT2D eigenvalue weighted by Gasteiger charge is -2.27. The molecule has 0 aliphatic carbocycles. The number of nitrogens with zero attached hydrogens (tertiary/aromatic N) is 1. The van der Waals surface area contributed by atoms with Crippen LogP contribution >= 0.6 is 0 Å². The Balaban J connectivity index is 2.05. The monoisotopic (exact) mass is 288 g/mol. The molecule has 0 atom stereocenters. The fourth-order valence-electron chi connectivity index (χ4n) is 3.05. The molecular weight excluding hydrogens is 260 g/mol. The summed E-state index contributed by atoms with van der Waals surface area (Å²) in [4.78, 5) is 14.7. The number of carbonyl (C=O) groups excluding carboxylic acids is 1. The van der Waals surface area contributed by atoms with E-state index in [0.717, 1.165) is 37.9 Å². The molecule has 1 amide bonds. The van der Waals surface area contributed by atoms with Gasteiger partial charge in [0.1, 0.15) is 0 Å². The number of aryl methyl sites for hydroxylation is 1. The molecule has 0 radical (unpaired) electrons. The van der Waals surface area contributed by atoms with Crippen molar-refractivity contribution in [1.82, 2.24) is 0 Å². The van der Waals surface area contributed by atoms with Crippen LogP contribution in [0.3, 0.4) is 0 Å². The topological polar surface area (TPSA) is 46.3 Å². The van der Waals surface area contributed by atoms with Crippen LogP contribution in [0.4, 0.5) is 5.69 Å². The maximum Gasteiger partial charge on any atom is 0.227 e. The summed E-state index contributed by atoms with van der Waals surface area (Å²) in [6.07, 6.45) is 5.82. The van der Waals surface area contributed by atoms with Gasteiger partial charge in [-0.05, 0) is 55.7 Å². The molecule has 0 fully saturated rings. The van der Waals surface area contributed by atoms with E-state index in [-0.39, 0.29) is 11.3 Å². The van der Waals surface area contributed by atoms with E-state index in [2.05, 4.69) is 32.0 Å². The Morgan fingerprint density at radius 3 is 2.76 bits per heavy atom. The number of amides is 1. The molecule has 1 aromatic rings. The average Bonchev–Trinajstić information content (AvgIpc) is 2.67. The Kier molecular flexibility index (Phi) is 5.40. The molecule has 2 N–H and O–H groups in total. The molecule has 0 aromatic heterocycles. The number of carbonyl (C=O) groups is 1. The largest absolute Gasteiger partial charge is 0.330 e. The van der Waals surface area contributed by atoms with Crippen LogP contribution in [0.25, 0.3) is 0 Å². The summed E-state index contributed by atoms with van der Waals surface area (Å²) < 4.78 is 0. The first-order valence-corrected chi connectivity index (χ1v) is 8.12. The zero-order valence-electron chi connectivity index (χ0n) is 13.4. The first-order valence-electron chi connectivity index (χ1n) is 8.12. The minimum absolute atomic E-state index is 0.149. The molecule has 3 nitrogen and oxygen atoms in total. The van der Waals surface area contributed by atoms with Crippen molar-refractivity contribution in [1.29, 1.82) is 0 Å². The van der Waals surface area contributed by atoms with Crippen molar-refractivity contribution >= 4 is 11.6 Å².